The van der Waals surface area contributed by atoms with Crippen molar-refractivity contribution in [1.29, 1.82) is 0 Å². The average molecular weight is 272 g/mol. The highest BCUT2D eigenvalue weighted by molar-refractivity contribution is 6.30. The van der Waals surface area contributed by atoms with E-state index >= 15 is 0 Å². The Bertz CT molecular complexity index is 321. The average Bonchev–Trinajstić information content (AvgIpc) is 2.31. The van der Waals surface area contributed by atoms with Gasteiger partial charge in [0.25, 0.3) is 0 Å². The van der Waals surface area contributed by atoms with Crippen LogP contribution in [0.2, 0.25) is 5.02 Å². The molecular formula is C15H23ClFN. The summed E-state index contributed by atoms with van der Waals surface area (Å²) < 4.78 is 13.1. The summed E-state index contributed by atoms with van der Waals surface area (Å²) in [6.07, 6.45) is 7.76. The zero-order valence-electron chi connectivity index (χ0n) is 11.1. The molecule has 0 saturated heterocycles. The Hall–Kier alpha value is -0.600. The summed E-state index contributed by atoms with van der Waals surface area (Å²) in [4.78, 5) is 0. The van der Waals surface area contributed by atoms with Crippen molar-refractivity contribution in [2.75, 3.05) is 6.54 Å². The number of rotatable bonds is 9. The Kier molecular flexibility index (Phi) is 8.03. The van der Waals surface area contributed by atoms with Gasteiger partial charge in [0.05, 0.1) is 0 Å². The lowest BCUT2D eigenvalue weighted by Crippen LogP contribution is -2.14. The summed E-state index contributed by atoms with van der Waals surface area (Å²) in [6.45, 7) is 3.90. The van der Waals surface area contributed by atoms with Gasteiger partial charge in [-0.1, -0.05) is 50.6 Å². The predicted octanol–water partition coefficient (Wildman–Crippen LogP) is 4.93. The van der Waals surface area contributed by atoms with E-state index < -0.39 is 0 Å². The molecule has 3 heteroatoms. The van der Waals surface area contributed by atoms with E-state index in [2.05, 4.69) is 12.2 Å². The second-order valence-corrected chi connectivity index (χ2v) is 5.16. The van der Waals surface area contributed by atoms with Gasteiger partial charge in [-0.25, -0.2) is 4.39 Å². The van der Waals surface area contributed by atoms with Crippen LogP contribution in [-0.4, -0.2) is 6.54 Å². The molecule has 0 unspecified atom stereocenters. The predicted molar refractivity (Wildman–Crippen MR) is 76.5 cm³/mol. The first-order valence-corrected chi connectivity index (χ1v) is 7.26. The van der Waals surface area contributed by atoms with E-state index in [9.17, 15) is 4.39 Å². The third-order valence-electron chi connectivity index (χ3n) is 2.96. The molecule has 0 spiro atoms. The first-order chi connectivity index (χ1) is 8.72. The second kappa shape index (κ2) is 9.35. The van der Waals surface area contributed by atoms with Gasteiger partial charge in [-0.05, 0) is 36.7 Å². The molecule has 0 amide bonds. The van der Waals surface area contributed by atoms with E-state index in [1.54, 1.807) is 6.07 Å². The van der Waals surface area contributed by atoms with Crippen molar-refractivity contribution in [3.63, 3.8) is 0 Å². The van der Waals surface area contributed by atoms with E-state index in [-0.39, 0.29) is 5.82 Å². The van der Waals surface area contributed by atoms with Crippen molar-refractivity contribution in [3.05, 3.63) is 34.6 Å². The quantitative estimate of drug-likeness (QED) is 0.628. The molecule has 0 saturated carbocycles. The lowest BCUT2D eigenvalue weighted by Gasteiger charge is -2.06. The Labute approximate surface area is 115 Å². The molecular weight excluding hydrogens is 249 g/mol. The second-order valence-electron chi connectivity index (χ2n) is 4.72. The zero-order valence-corrected chi connectivity index (χ0v) is 11.9. The molecule has 0 heterocycles. The molecule has 0 aliphatic carbocycles. The Morgan fingerprint density at radius 3 is 2.50 bits per heavy atom. The van der Waals surface area contributed by atoms with Gasteiger partial charge in [-0.3, -0.25) is 0 Å². The normalized spacial score (nSPS) is 10.8. The summed E-state index contributed by atoms with van der Waals surface area (Å²) in [5, 5.41) is 3.79. The van der Waals surface area contributed by atoms with Gasteiger partial charge in [0.1, 0.15) is 5.82 Å². The lowest BCUT2D eigenvalue weighted by atomic mass is 10.1. The minimum absolute atomic E-state index is 0.265. The van der Waals surface area contributed by atoms with Crippen molar-refractivity contribution in [3.8, 4) is 0 Å². The first-order valence-electron chi connectivity index (χ1n) is 6.88. The topological polar surface area (TPSA) is 12.0 Å². The highest BCUT2D eigenvalue weighted by Gasteiger charge is 1.99. The van der Waals surface area contributed by atoms with Gasteiger partial charge in [0.15, 0.2) is 0 Å². The van der Waals surface area contributed by atoms with Crippen molar-refractivity contribution in [2.24, 2.45) is 0 Å². The van der Waals surface area contributed by atoms with Crippen LogP contribution in [0.25, 0.3) is 0 Å². The molecule has 1 aromatic carbocycles. The van der Waals surface area contributed by atoms with Crippen molar-refractivity contribution < 1.29 is 4.39 Å². The number of nitrogens with one attached hydrogen (secondary N) is 1. The molecule has 0 aliphatic rings. The molecule has 102 valence electrons. The molecule has 0 atom stereocenters. The smallest absolute Gasteiger partial charge is 0.125 e. The Morgan fingerprint density at radius 2 is 1.78 bits per heavy atom. The number of hydrogen-bond donors (Lipinski definition) is 1. The van der Waals surface area contributed by atoms with Crippen LogP contribution < -0.4 is 5.32 Å². The maximum atomic E-state index is 13.1. The molecule has 18 heavy (non-hydrogen) atoms. The third kappa shape index (κ3) is 6.97. The number of benzene rings is 1. The molecule has 1 rings (SSSR count). The number of hydrogen-bond acceptors (Lipinski definition) is 1. The van der Waals surface area contributed by atoms with Gasteiger partial charge < -0.3 is 5.32 Å². The molecule has 1 N–H and O–H groups in total. The minimum Gasteiger partial charge on any atom is -0.313 e. The van der Waals surface area contributed by atoms with E-state index in [1.807, 2.05) is 0 Å². The van der Waals surface area contributed by atoms with E-state index in [1.165, 1.54) is 50.7 Å². The van der Waals surface area contributed by atoms with E-state index in [0.29, 0.717) is 11.6 Å². The fraction of sp³-hybridized carbons (Fsp3) is 0.600. The van der Waals surface area contributed by atoms with Crippen LogP contribution in [0.5, 0.6) is 0 Å². The van der Waals surface area contributed by atoms with Gasteiger partial charge in [0, 0.05) is 11.6 Å². The van der Waals surface area contributed by atoms with Crippen LogP contribution in [0.4, 0.5) is 4.39 Å². The number of halogens is 2. The summed E-state index contributed by atoms with van der Waals surface area (Å²) >= 11 is 5.79. The Balaban J connectivity index is 2.07. The van der Waals surface area contributed by atoms with Gasteiger partial charge in [0.2, 0.25) is 0 Å². The standard InChI is InChI=1S/C15H23ClFN/c1-2-3-4-5-6-7-8-18-12-13-9-14(16)11-15(17)10-13/h9-11,18H,2-8,12H2,1H3. The highest BCUT2D eigenvalue weighted by atomic mass is 35.5. The van der Waals surface area contributed by atoms with Crippen molar-refractivity contribution in [1.82, 2.24) is 5.32 Å². The largest absolute Gasteiger partial charge is 0.313 e. The van der Waals surface area contributed by atoms with Crippen LogP contribution in [0, 0.1) is 5.82 Å². The molecule has 0 aliphatic heterocycles. The van der Waals surface area contributed by atoms with Gasteiger partial charge >= 0.3 is 0 Å². The summed E-state index contributed by atoms with van der Waals surface area (Å²) in [6, 6.07) is 4.66. The van der Waals surface area contributed by atoms with Crippen LogP contribution in [0.1, 0.15) is 51.0 Å². The van der Waals surface area contributed by atoms with Crippen LogP contribution in [0.15, 0.2) is 18.2 Å². The Morgan fingerprint density at radius 1 is 1.06 bits per heavy atom. The zero-order chi connectivity index (χ0) is 13.2. The number of unbranched alkanes of at least 4 members (excludes halogenated alkanes) is 5. The third-order valence-corrected chi connectivity index (χ3v) is 3.18. The maximum Gasteiger partial charge on any atom is 0.125 e. The minimum atomic E-state index is -0.265. The fourth-order valence-electron chi connectivity index (χ4n) is 1.98. The molecule has 0 aromatic heterocycles. The molecule has 0 bridgehead atoms. The van der Waals surface area contributed by atoms with Crippen LogP contribution in [-0.2, 0) is 6.54 Å². The first kappa shape index (κ1) is 15.5. The molecule has 1 nitrogen and oxygen atoms in total. The van der Waals surface area contributed by atoms with Crippen LogP contribution >= 0.6 is 11.6 Å². The lowest BCUT2D eigenvalue weighted by molar-refractivity contribution is 0.570. The molecule has 1 aromatic rings. The van der Waals surface area contributed by atoms with E-state index in [0.717, 1.165) is 12.1 Å². The monoisotopic (exact) mass is 271 g/mol. The van der Waals surface area contributed by atoms with Crippen molar-refractivity contribution in [2.45, 2.75) is 52.0 Å². The van der Waals surface area contributed by atoms with Gasteiger partial charge in [-0.2, -0.15) is 0 Å². The summed E-state index contributed by atoms with van der Waals surface area (Å²) in [5.74, 6) is -0.265. The highest BCUT2D eigenvalue weighted by Crippen LogP contribution is 2.13. The maximum absolute atomic E-state index is 13.1. The van der Waals surface area contributed by atoms with Gasteiger partial charge in [-0.15, -0.1) is 0 Å². The SMILES string of the molecule is CCCCCCCCNCc1cc(F)cc(Cl)c1. The van der Waals surface area contributed by atoms with Crippen molar-refractivity contribution >= 4 is 11.6 Å². The summed E-state index contributed by atoms with van der Waals surface area (Å²) in [7, 11) is 0. The summed E-state index contributed by atoms with van der Waals surface area (Å²) in [5.41, 5.74) is 0.908. The molecule has 0 fully saturated rings. The van der Waals surface area contributed by atoms with E-state index in [4.69, 9.17) is 11.6 Å². The molecule has 0 radical (unpaired) electrons. The van der Waals surface area contributed by atoms with Crippen LogP contribution in [0.3, 0.4) is 0 Å². The fourth-order valence-corrected chi connectivity index (χ4v) is 2.22.